The molecule has 0 radical (unpaired) electrons. The van der Waals surface area contributed by atoms with E-state index in [4.69, 9.17) is 19.2 Å². The van der Waals surface area contributed by atoms with Crippen molar-refractivity contribution >= 4 is 62.3 Å². The zero-order valence-corrected chi connectivity index (χ0v) is 23.4. The van der Waals surface area contributed by atoms with Gasteiger partial charge in [-0.2, -0.15) is 0 Å². The SMILES string of the molecule is COc1cc(/C=C/C(=O)Nc2sc3c(c2-c2nc4ccccc4s2)CCN(C)C3)cc(OC)c1OC.Cl. The summed E-state index contributed by atoms with van der Waals surface area (Å²) in [5.74, 6) is 1.37. The number of aromatic nitrogens is 1. The van der Waals surface area contributed by atoms with E-state index in [-0.39, 0.29) is 18.3 Å². The zero-order valence-electron chi connectivity index (χ0n) is 21.0. The summed E-state index contributed by atoms with van der Waals surface area (Å²) in [4.78, 5) is 21.5. The zero-order chi connectivity index (χ0) is 25.2. The predicted molar refractivity (Wildman–Crippen MR) is 154 cm³/mol. The number of thiophene rings is 1. The summed E-state index contributed by atoms with van der Waals surface area (Å²) < 4.78 is 17.4. The van der Waals surface area contributed by atoms with Gasteiger partial charge in [0.1, 0.15) is 10.0 Å². The maximum Gasteiger partial charge on any atom is 0.249 e. The first-order valence-corrected chi connectivity index (χ1v) is 13.1. The van der Waals surface area contributed by atoms with E-state index in [1.807, 2.05) is 18.2 Å². The first kappa shape index (κ1) is 26.9. The molecule has 3 heterocycles. The number of benzene rings is 2. The number of methoxy groups -OCH3 is 3. The molecule has 0 spiro atoms. The predicted octanol–water partition coefficient (Wildman–Crippen LogP) is 6.11. The van der Waals surface area contributed by atoms with Crippen LogP contribution in [0.25, 0.3) is 26.9 Å². The fourth-order valence-electron chi connectivity index (χ4n) is 4.35. The molecule has 0 fully saturated rings. The van der Waals surface area contributed by atoms with E-state index in [0.717, 1.165) is 50.9 Å². The number of rotatable bonds is 7. The summed E-state index contributed by atoms with van der Waals surface area (Å²) in [5, 5.41) is 4.92. The number of halogens is 1. The normalized spacial score (nSPS) is 13.3. The van der Waals surface area contributed by atoms with E-state index < -0.39 is 0 Å². The Kier molecular flexibility index (Phi) is 8.39. The van der Waals surface area contributed by atoms with Gasteiger partial charge in [0.2, 0.25) is 11.7 Å². The van der Waals surface area contributed by atoms with Crippen LogP contribution in [0, 0.1) is 0 Å². The first-order chi connectivity index (χ1) is 17.5. The molecule has 2 aromatic carbocycles. The van der Waals surface area contributed by atoms with E-state index in [9.17, 15) is 4.79 Å². The lowest BCUT2D eigenvalue weighted by atomic mass is 10.0. The molecule has 0 unspecified atom stereocenters. The van der Waals surface area contributed by atoms with Gasteiger partial charge in [-0.3, -0.25) is 4.79 Å². The number of fused-ring (bicyclic) bond motifs is 2. The number of thiazole rings is 1. The lowest BCUT2D eigenvalue weighted by Crippen LogP contribution is -2.25. The third kappa shape index (κ3) is 5.45. The van der Waals surface area contributed by atoms with Crippen LogP contribution in [0.4, 0.5) is 5.00 Å². The maximum atomic E-state index is 13.0. The topological polar surface area (TPSA) is 72.9 Å². The van der Waals surface area contributed by atoms with Crippen LogP contribution in [0.3, 0.4) is 0 Å². The van der Waals surface area contributed by atoms with E-state index in [1.165, 1.54) is 16.5 Å². The summed E-state index contributed by atoms with van der Waals surface area (Å²) >= 11 is 3.30. The van der Waals surface area contributed by atoms with Crippen LogP contribution in [0.15, 0.2) is 42.5 Å². The highest BCUT2D eigenvalue weighted by Gasteiger charge is 2.26. The first-order valence-electron chi connectivity index (χ1n) is 11.5. The van der Waals surface area contributed by atoms with Gasteiger partial charge in [0, 0.05) is 29.6 Å². The van der Waals surface area contributed by atoms with Crippen LogP contribution in [-0.4, -0.2) is 50.7 Å². The smallest absolute Gasteiger partial charge is 0.249 e. The number of anilines is 1. The molecule has 37 heavy (non-hydrogen) atoms. The highest BCUT2D eigenvalue weighted by atomic mass is 35.5. The molecular formula is C27H28ClN3O4S2. The van der Waals surface area contributed by atoms with Crippen molar-refractivity contribution in [1.29, 1.82) is 0 Å². The average Bonchev–Trinajstić information content (AvgIpc) is 3.46. The number of ether oxygens (including phenoxy) is 3. The number of para-hydroxylation sites is 1. The molecule has 0 atom stereocenters. The molecule has 194 valence electrons. The van der Waals surface area contributed by atoms with Gasteiger partial charge in [-0.05, 0) is 54.9 Å². The maximum absolute atomic E-state index is 13.0. The van der Waals surface area contributed by atoms with Crippen molar-refractivity contribution in [3.8, 4) is 27.8 Å². The van der Waals surface area contributed by atoms with Gasteiger partial charge in [-0.15, -0.1) is 35.1 Å². The number of hydrogen-bond donors (Lipinski definition) is 1. The highest BCUT2D eigenvalue weighted by molar-refractivity contribution is 7.23. The van der Waals surface area contributed by atoms with E-state index in [2.05, 4.69) is 23.3 Å². The molecule has 1 aliphatic heterocycles. The summed E-state index contributed by atoms with van der Waals surface area (Å²) in [7, 11) is 6.82. The summed E-state index contributed by atoms with van der Waals surface area (Å²) in [5.41, 5.74) is 4.09. The monoisotopic (exact) mass is 557 g/mol. The Morgan fingerprint density at radius 3 is 2.49 bits per heavy atom. The number of carbonyl (C=O) groups is 1. The molecule has 0 aliphatic carbocycles. The number of amides is 1. The number of nitrogens with one attached hydrogen (secondary N) is 1. The lowest BCUT2D eigenvalue weighted by Gasteiger charge is -2.22. The van der Waals surface area contributed by atoms with Gasteiger partial charge in [0.15, 0.2) is 11.5 Å². The Morgan fingerprint density at radius 2 is 1.81 bits per heavy atom. The molecular weight excluding hydrogens is 530 g/mol. The molecule has 2 aromatic heterocycles. The van der Waals surface area contributed by atoms with E-state index in [0.29, 0.717) is 17.2 Å². The third-order valence-electron chi connectivity index (χ3n) is 6.11. The quantitative estimate of drug-likeness (QED) is 0.276. The number of carbonyl (C=O) groups excluding carboxylic acids is 1. The number of nitrogens with zero attached hydrogens (tertiary/aromatic N) is 2. The van der Waals surface area contributed by atoms with Gasteiger partial charge < -0.3 is 24.4 Å². The van der Waals surface area contributed by atoms with Crippen LogP contribution in [0.1, 0.15) is 16.0 Å². The standard InChI is InChI=1S/C27H27N3O4S2.ClH/c1-30-12-11-17-22(15-30)36-27(24(17)26-28-18-7-5-6-8-21(18)35-26)29-23(31)10-9-16-13-19(32-2)25(34-4)20(14-16)33-3;/h5-10,13-14H,11-12,15H2,1-4H3,(H,29,31);1H/b10-9+;. The van der Waals surface area contributed by atoms with Crippen molar-refractivity contribution in [2.75, 3.05) is 40.2 Å². The Bertz CT molecular complexity index is 1410. The van der Waals surface area contributed by atoms with Crippen LogP contribution >= 0.6 is 35.1 Å². The number of likely N-dealkylation sites (N-methyl/N-ethyl adjacent to an activating group) is 1. The Labute approximate surface area is 230 Å². The van der Waals surface area contributed by atoms with Crippen molar-refractivity contribution in [2.45, 2.75) is 13.0 Å². The second-order valence-electron chi connectivity index (χ2n) is 8.46. The summed E-state index contributed by atoms with van der Waals surface area (Å²) in [6, 6.07) is 11.7. The minimum Gasteiger partial charge on any atom is -0.493 e. The van der Waals surface area contributed by atoms with Crippen LogP contribution in [-0.2, 0) is 17.8 Å². The second kappa shape index (κ2) is 11.5. The number of hydrogen-bond acceptors (Lipinski definition) is 8. The van der Waals surface area contributed by atoms with Gasteiger partial charge in [-0.25, -0.2) is 4.98 Å². The van der Waals surface area contributed by atoms with Gasteiger partial charge in [-0.1, -0.05) is 12.1 Å². The van der Waals surface area contributed by atoms with Gasteiger partial charge in [0.05, 0.1) is 31.5 Å². The van der Waals surface area contributed by atoms with Crippen LogP contribution < -0.4 is 19.5 Å². The Morgan fingerprint density at radius 1 is 1.08 bits per heavy atom. The molecule has 7 nitrogen and oxygen atoms in total. The van der Waals surface area contributed by atoms with Crippen LogP contribution in [0.2, 0.25) is 0 Å². The van der Waals surface area contributed by atoms with E-state index >= 15 is 0 Å². The fourth-order valence-corrected chi connectivity index (χ4v) is 6.79. The van der Waals surface area contributed by atoms with Crippen molar-refractivity contribution in [2.24, 2.45) is 0 Å². The molecule has 1 aliphatic rings. The van der Waals surface area contributed by atoms with Gasteiger partial charge in [0.25, 0.3) is 0 Å². The molecule has 0 saturated heterocycles. The third-order valence-corrected chi connectivity index (χ3v) is 8.29. The molecule has 5 rings (SSSR count). The summed E-state index contributed by atoms with van der Waals surface area (Å²) in [6.07, 6.45) is 4.19. The minimum absolute atomic E-state index is 0. The molecule has 1 N–H and O–H groups in total. The van der Waals surface area contributed by atoms with Crippen molar-refractivity contribution in [3.05, 3.63) is 58.5 Å². The molecule has 1 amide bonds. The van der Waals surface area contributed by atoms with Crippen molar-refractivity contribution < 1.29 is 19.0 Å². The average molecular weight is 558 g/mol. The van der Waals surface area contributed by atoms with Crippen molar-refractivity contribution in [1.82, 2.24) is 9.88 Å². The van der Waals surface area contributed by atoms with E-state index in [1.54, 1.807) is 62.2 Å². The fraction of sp³-hybridized carbons (Fsp3) is 0.259. The Balaban J connectivity index is 0.00000320. The van der Waals surface area contributed by atoms with Crippen LogP contribution in [0.5, 0.6) is 17.2 Å². The Hall–Kier alpha value is -3.11. The highest BCUT2D eigenvalue weighted by Crippen LogP contribution is 2.45. The lowest BCUT2D eigenvalue weighted by molar-refractivity contribution is -0.111. The van der Waals surface area contributed by atoms with Crippen molar-refractivity contribution in [3.63, 3.8) is 0 Å². The second-order valence-corrected chi connectivity index (χ2v) is 10.6. The molecule has 0 saturated carbocycles. The molecule has 4 aromatic rings. The van der Waals surface area contributed by atoms with Gasteiger partial charge >= 0.3 is 0 Å². The molecule has 10 heteroatoms. The summed E-state index contributed by atoms with van der Waals surface area (Å²) in [6.45, 7) is 1.85. The minimum atomic E-state index is -0.210. The largest absolute Gasteiger partial charge is 0.493 e. The molecule has 0 bridgehead atoms.